The largest absolute Gasteiger partial charge is 0.419 e. The fraction of sp³-hybridized carbons (Fsp3) is 0.400. The molecule has 10 heteroatoms. The number of aliphatic hydroxyl groups excluding tert-OH is 2. The van der Waals surface area contributed by atoms with Gasteiger partial charge in [0.2, 0.25) is 0 Å². The third kappa shape index (κ3) is 3.78. The van der Waals surface area contributed by atoms with Gasteiger partial charge in [0.1, 0.15) is 11.5 Å². The van der Waals surface area contributed by atoms with Crippen LogP contribution in [0.4, 0.5) is 28.9 Å². The van der Waals surface area contributed by atoms with E-state index >= 15 is 0 Å². The first-order valence-corrected chi connectivity index (χ1v) is 5.24. The summed E-state index contributed by atoms with van der Waals surface area (Å²) < 4.78 is 50.6. The Kier molecular flexibility index (Phi) is 4.84. The molecule has 6 nitrogen and oxygen atoms in total. The minimum Gasteiger partial charge on any atom is -0.394 e. The van der Waals surface area contributed by atoms with Crippen LogP contribution in [0.2, 0.25) is 0 Å². The summed E-state index contributed by atoms with van der Waals surface area (Å²) in [5.74, 6) is -1.68. The van der Waals surface area contributed by atoms with Gasteiger partial charge in [0.25, 0.3) is 5.69 Å². The number of nitrogens with one attached hydrogen (secondary N) is 1. The Bertz CT molecular complexity index is 507. The lowest BCUT2D eigenvalue weighted by Crippen LogP contribution is -2.23. The molecule has 0 aliphatic carbocycles. The molecule has 0 bridgehead atoms. The van der Waals surface area contributed by atoms with Gasteiger partial charge in [-0.2, -0.15) is 13.2 Å². The molecule has 1 atom stereocenters. The van der Waals surface area contributed by atoms with Crippen molar-refractivity contribution < 1.29 is 32.7 Å². The number of aliphatic hydroxyl groups is 2. The average Bonchev–Trinajstić information content (AvgIpc) is 2.33. The second-order valence-corrected chi connectivity index (χ2v) is 3.82. The Morgan fingerprint density at radius 3 is 2.45 bits per heavy atom. The highest BCUT2D eigenvalue weighted by atomic mass is 19.4. The van der Waals surface area contributed by atoms with Crippen molar-refractivity contribution in [1.82, 2.24) is 0 Å². The van der Waals surface area contributed by atoms with Gasteiger partial charge < -0.3 is 15.5 Å². The molecule has 0 saturated heterocycles. The minimum absolute atomic E-state index is 0.0724. The number of nitro groups is 1. The molecule has 1 unspecified atom stereocenters. The summed E-state index contributed by atoms with van der Waals surface area (Å²) in [7, 11) is 0. The monoisotopic (exact) mass is 298 g/mol. The van der Waals surface area contributed by atoms with E-state index in [2.05, 4.69) is 5.32 Å². The zero-order valence-corrected chi connectivity index (χ0v) is 9.82. The quantitative estimate of drug-likeness (QED) is 0.435. The Hall–Kier alpha value is -1.94. The molecular weight excluding hydrogens is 288 g/mol. The van der Waals surface area contributed by atoms with Crippen LogP contribution in [0.25, 0.3) is 0 Å². The van der Waals surface area contributed by atoms with Crippen molar-refractivity contribution in [3.63, 3.8) is 0 Å². The number of halogens is 4. The van der Waals surface area contributed by atoms with Gasteiger partial charge in [-0.3, -0.25) is 10.1 Å². The zero-order valence-electron chi connectivity index (χ0n) is 9.82. The van der Waals surface area contributed by atoms with Crippen LogP contribution in [0, 0.1) is 15.9 Å². The van der Waals surface area contributed by atoms with Crippen LogP contribution in [-0.4, -0.2) is 34.4 Å². The van der Waals surface area contributed by atoms with Crippen molar-refractivity contribution in [3.05, 3.63) is 33.6 Å². The van der Waals surface area contributed by atoms with Crippen LogP contribution >= 0.6 is 0 Å². The van der Waals surface area contributed by atoms with E-state index in [1.807, 2.05) is 0 Å². The number of hydrogen-bond donors (Lipinski definition) is 3. The molecule has 0 aromatic heterocycles. The summed E-state index contributed by atoms with van der Waals surface area (Å²) in [6, 6.07) is 0.397. The average molecular weight is 298 g/mol. The van der Waals surface area contributed by atoms with E-state index in [0.717, 1.165) is 0 Å². The zero-order chi connectivity index (χ0) is 15.5. The van der Waals surface area contributed by atoms with Crippen molar-refractivity contribution in [1.29, 1.82) is 0 Å². The topological polar surface area (TPSA) is 95.6 Å². The second kappa shape index (κ2) is 6.01. The second-order valence-electron chi connectivity index (χ2n) is 3.82. The van der Waals surface area contributed by atoms with Gasteiger partial charge in [0.15, 0.2) is 0 Å². The van der Waals surface area contributed by atoms with Crippen LogP contribution in [0.3, 0.4) is 0 Å². The van der Waals surface area contributed by atoms with Crippen molar-refractivity contribution in [2.45, 2.75) is 12.3 Å². The van der Waals surface area contributed by atoms with Crippen LogP contribution in [0.1, 0.15) is 5.56 Å². The van der Waals surface area contributed by atoms with Crippen LogP contribution in [0.15, 0.2) is 12.1 Å². The molecular formula is C10H10F4N2O4. The minimum atomic E-state index is -5.06. The van der Waals surface area contributed by atoms with E-state index in [1.165, 1.54) is 0 Å². The van der Waals surface area contributed by atoms with Gasteiger partial charge in [-0.25, -0.2) is 4.39 Å². The lowest BCUT2D eigenvalue weighted by Gasteiger charge is -2.13. The van der Waals surface area contributed by atoms with Crippen LogP contribution < -0.4 is 5.32 Å². The number of anilines is 1. The van der Waals surface area contributed by atoms with E-state index in [0.29, 0.717) is 6.07 Å². The Morgan fingerprint density at radius 1 is 1.40 bits per heavy atom. The molecule has 1 rings (SSSR count). The molecule has 0 amide bonds. The highest BCUT2D eigenvalue weighted by molar-refractivity contribution is 5.63. The lowest BCUT2D eigenvalue weighted by atomic mass is 10.1. The SMILES string of the molecule is O=[N+]([O-])c1cc(C(F)(F)F)c(F)cc1NCC(O)CO. The van der Waals surface area contributed by atoms with E-state index in [1.54, 1.807) is 0 Å². The first kappa shape index (κ1) is 16.1. The lowest BCUT2D eigenvalue weighted by molar-refractivity contribution is -0.384. The standard InChI is InChI=1S/C10H10F4N2O4/c11-7-2-8(15-3-5(18)4-17)9(16(19)20)1-6(7)10(12,13)14/h1-2,5,15,17-18H,3-4H2. The number of rotatable bonds is 5. The highest BCUT2D eigenvalue weighted by Gasteiger charge is 2.37. The molecule has 112 valence electrons. The summed E-state index contributed by atoms with van der Waals surface area (Å²) in [5.41, 5.74) is -3.26. The number of nitrogens with zero attached hydrogens (tertiary/aromatic N) is 1. The maximum atomic E-state index is 13.3. The van der Waals surface area contributed by atoms with Gasteiger partial charge >= 0.3 is 6.18 Å². The maximum absolute atomic E-state index is 13.3. The van der Waals surface area contributed by atoms with E-state index in [4.69, 9.17) is 10.2 Å². The molecule has 0 aliphatic rings. The summed E-state index contributed by atoms with van der Waals surface area (Å²) in [5, 5.41) is 30.5. The number of benzene rings is 1. The molecule has 20 heavy (non-hydrogen) atoms. The normalized spacial score (nSPS) is 13.1. The maximum Gasteiger partial charge on any atom is 0.419 e. The van der Waals surface area contributed by atoms with Gasteiger partial charge in [-0.1, -0.05) is 0 Å². The van der Waals surface area contributed by atoms with E-state index in [9.17, 15) is 27.7 Å². The fourth-order valence-corrected chi connectivity index (χ4v) is 1.36. The van der Waals surface area contributed by atoms with Crippen molar-refractivity contribution in [3.8, 4) is 0 Å². The number of nitro benzene ring substituents is 1. The molecule has 1 aromatic rings. The first-order valence-electron chi connectivity index (χ1n) is 5.24. The third-order valence-corrected chi connectivity index (χ3v) is 2.33. The molecule has 3 N–H and O–H groups in total. The molecule has 0 aliphatic heterocycles. The molecule has 0 spiro atoms. The predicted molar refractivity (Wildman–Crippen MR) is 59.6 cm³/mol. The van der Waals surface area contributed by atoms with Gasteiger partial charge in [-0.15, -0.1) is 0 Å². The first-order chi connectivity index (χ1) is 9.16. The van der Waals surface area contributed by atoms with Crippen molar-refractivity contribution in [2.75, 3.05) is 18.5 Å². The third-order valence-electron chi connectivity index (χ3n) is 2.33. The molecule has 0 saturated carbocycles. The Balaban J connectivity index is 3.18. The number of hydrogen-bond acceptors (Lipinski definition) is 5. The summed E-state index contributed by atoms with van der Waals surface area (Å²) in [4.78, 5) is 9.58. The fourth-order valence-electron chi connectivity index (χ4n) is 1.36. The molecule has 0 fully saturated rings. The summed E-state index contributed by atoms with van der Waals surface area (Å²) in [6.07, 6.45) is -6.35. The van der Waals surface area contributed by atoms with Crippen molar-refractivity contribution in [2.24, 2.45) is 0 Å². The van der Waals surface area contributed by atoms with Crippen molar-refractivity contribution >= 4 is 11.4 Å². The summed E-state index contributed by atoms with van der Waals surface area (Å²) >= 11 is 0. The van der Waals surface area contributed by atoms with Gasteiger partial charge in [-0.05, 0) is 0 Å². The highest BCUT2D eigenvalue weighted by Crippen LogP contribution is 2.37. The number of alkyl halides is 3. The summed E-state index contributed by atoms with van der Waals surface area (Å²) in [6.45, 7) is -1.05. The Labute approximate surface area is 109 Å². The van der Waals surface area contributed by atoms with Crippen LogP contribution in [0.5, 0.6) is 0 Å². The molecule has 0 radical (unpaired) electrons. The molecule has 1 aromatic carbocycles. The smallest absolute Gasteiger partial charge is 0.394 e. The van der Waals surface area contributed by atoms with Gasteiger partial charge in [0, 0.05) is 18.7 Å². The van der Waals surface area contributed by atoms with E-state index < -0.39 is 46.6 Å². The van der Waals surface area contributed by atoms with Crippen LogP contribution in [-0.2, 0) is 6.18 Å². The van der Waals surface area contributed by atoms with Gasteiger partial charge in [0.05, 0.1) is 23.2 Å². The Morgan fingerprint density at radius 2 is 2.00 bits per heavy atom. The van der Waals surface area contributed by atoms with E-state index in [-0.39, 0.29) is 12.6 Å². The molecule has 0 heterocycles. The predicted octanol–water partition coefficient (Wildman–Crippen LogP) is 1.52.